The van der Waals surface area contributed by atoms with E-state index in [2.05, 4.69) is 46.1 Å². The highest BCUT2D eigenvalue weighted by Crippen LogP contribution is 2.11. The van der Waals surface area contributed by atoms with Crippen molar-refractivity contribution in [2.75, 3.05) is 38.8 Å². The van der Waals surface area contributed by atoms with E-state index in [-0.39, 0.29) is 0 Å². The summed E-state index contributed by atoms with van der Waals surface area (Å²) >= 11 is 2.30. The van der Waals surface area contributed by atoms with Gasteiger partial charge < -0.3 is 14.8 Å². The van der Waals surface area contributed by atoms with Crippen molar-refractivity contribution in [1.29, 1.82) is 0 Å². The maximum Gasteiger partial charge on any atom is 0.0639 e. The lowest BCUT2D eigenvalue weighted by atomic mass is 10.3. The summed E-state index contributed by atoms with van der Waals surface area (Å²) in [7, 11) is 1.71. The van der Waals surface area contributed by atoms with Gasteiger partial charge >= 0.3 is 0 Å². The van der Waals surface area contributed by atoms with Crippen LogP contribution in [0.3, 0.4) is 0 Å². The Labute approximate surface area is 111 Å². The number of rotatable bonds is 8. The van der Waals surface area contributed by atoms with Gasteiger partial charge in [-0.2, -0.15) is 0 Å². The molecule has 3 nitrogen and oxygen atoms in total. The number of ether oxygens (including phenoxy) is 2. The Morgan fingerprint density at radius 2 is 2.12 bits per heavy atom. The van der Waals surface area contributed by atoms with Crippen LogP contribution in [-0.2, 0) is 9.47 Å². The fourth-order valence-electron chi connectivity index (χ4n) is 1.27. The summed E-state index contributed by atoms with van der Waals surface area (Å²) in [6.45, 7) is 3.11. The molecule has 0 amide bonds. The highest BCUT2D eigenvalue weighted by atomic mass is 127. The lowest BCUT2D eigenvalue weighted by Gasteiger charge is -2.07. The molecule has 1 aromatic carbocycles. The molecule has 4 heteroatoms. The van der Waals surface area contributed by atoms with Crippen molar-refractivity contribution in [3.05, 3.63) is 27.8 Å². The number of methoxy groups -OCH3 is 1. The molecular formula is C12H18INO2. The molecule has 1 rings (SSSR count). The van der Waals surface area contributed by atoms with Crippen LogP contribution in [0.5, 0.6) is 0 Å². The molecule has 16 heavy (non-hydrogen) atoms. The molecule has 1 aromatic rings. The predicted molar refractivity (Wildman–Crippen MR) is 75.0 cm³/mol. The van der Waals surface area contributed by atoms with Gasteiger partial charge in [-0.1, -0.05) is 6.07 Å². The minimum absolute atomic E-state index is 0.731. The van der Waals surface area contributed by atoms with Crippen molar-refractivity contribution in [1.82, 2.24) is 0 Å². The minimum atomic E-state index is 0.731. The molecule has 0 unspecified atom stereocenters. The summed E-state index contributed by atoms with van der Waals surface area (Å²) in [5.41, 5.74) is 1.15. The smallest absolute Gasteiger partial charge is 0.0639 e. The first kappa shape index (κ1) is 13.7. The lowest BCUT2D eigenvalue weighted by Crippen LogP contribution is -2.10. The zero-order chi connectivity index (χ0) is 11.6. The number of halogens is 1. The van der Waals surface area contributed by atoms with E-state index in [0.717, 1.165) is 38.5 Å². The van der Waals surface area contributed by atoms with Crippen LogP contribution in [0.15, 0.2) is 24.3 Å². The fourth-order valence-corrected chi connectivity index (χ4v) is 1.82. The third kappa shape index (κ3) is 6.30. The largest absolute Gasteiger partial charge is 0.385 e. The Morgan fingerprint density at radius 1 is 1.25 bits per heavy atom. The molecular weight excluding hydrogens is 317 g/mol. The second-order valence-corrected chi connectivity index (χ2v) is 4.64. The number of nitrogens with one attached hydrogen (secondary N) is 1. The number of anilines is 1. The van der Waals surface area contributed by atoms with Gasteiger partial charge in [0, 0.05) is 36.1 Å². The number of hydrogen-bond acceptors (Lipinski definition) is 3. The van der Waals surface area contributed by atoms with Crippen molar-refractivity contribution in [3.63, 3.8) is 0 Å². The standard InChI is InChI=1S/C12H18INO2/c1-15-7-3-8-16-9-6-14-12-5-2-4-11(13)10-12/h2,4-5,10,14H,3,6-9H2,1H3. The van der Waals surface area contributed by atoms with Crippen molar-refractivity contribution in [2.24, 2.45) is 0 Å². The van der Waals surface area contributed by atoms with E-state index in [1.807, 2.05) is 6.07 Å². The summed E-state index contributed by atoms with van der Waals surface area (Å²) in [6.07, 6.45) is 0.958. The summed E-state index contributed by atoms with van der Waals surface area (Å²) < 4.78 is 11.6. The van der Waals surface area contributed by atoms with Crippen LogP contribution in [-0.4, -0.2) is 33.5 Å². The molecule has 1 N–H and O–H groups in total. The first-order chi connectivity index (χ1) is 7.83. The molecule has 0 aliphatic rings. The Balaban J connectivity index is 2.03. The van der Waals surface area contributed by atoms with Crippen molar-refractivity contribution >= 4 is 28.3 Å². The molecule has 0 radical (unpaired) electrons. The average molecular weight is 335 g/mol. The summed E-state index contributed by atoms with van der Waals surface area (Å²) in [4.78, 5) is 0. The zero-order valence-corrected chi connectivity index (χ0v) is 11.7. The van der Waals surface area contributed by atoms with E-state index >= 15 is 0 Å². The molecule has 0 aromatic heterocycles. The van der Waals surface area contributed by atoms with Crippen LogP contribution >= 0.6 is 22.6 Å². The highest BCUT2D eigenvalue weighted by Gasteiger charge is 1.93. The zero-order valence-electron chi connectivity index (χ0n) is 9.54. The van der Waals surface area contributed by atoms with E-state index in [4.69, 9.17) is 9.47 Å². The molecule has 0 atom stereocenters. The van der Waals surface area contributed by atoms with Crippen LogP contribution in [0, 0.1) is 3.57 Å². The molecule has 0 spiro atoms. The van der Waals surface area contributed by atoms with E-state index in [1.54, 1.807) is 7.11 Å². The van der Waals surface area contributed by atoms with Crippen molar-refractivity contribution in [3.8, 4) is 0 Å². The van der Waals surface area contributed by atoms with Crippen LogP contribution in [0.25, 0.3) is 0 Å². The monoisotopic (exact) mass is 335 g/mol. The molecule has 0 aliphatic carbocycles. The Bertz CT molecular complexity index is 294. The van der Waals surface area contributed by atoms with Gasteiger partial charge in [0.25, 0.3) is 0 Å². The van der Waals surface area contributed by atoms with Gasteiger partial charge in [0.05, 0.1) is 6.61 Å². The number of hydrogen-bond donors (Lipinski definition) is 1. The first-order valence-electron chi connectivity index (χ1n) is 5.39. The van der Waals surface area contributed by atoms with Crippen molar-refractivity contribution < 1.29 is 9.47 Å². The lowest BCUT2D eigenvalue weighted by molar-refractivity contribution is 0.109. The normalized spacial score (nSPS) is 10.4. The van der Waals surface area contributed by atoms with E-state index in [9.17, 15) is 0 Å². The maximum absolute atomic E-state index is 5.44. The Morgan fingerprint density at radius 3 is 2.88 bits per heavy atom. The van der Waals surface area contributed by atoms with E-state index in [1.165, 1.54) is 3.57 Å². The summed E-state index contributed by atoms with van der Waals surface area (Å²) in [5, 5.41) is 3.32. The first-order valence-corrected chi connectivity index (χ1v) is 6.47. The highest BCUT2D eigenvalue weighted by molar-refractivity contribution is 14.1. The Hall–Kier alpha value is -0.330. The number of benzene rings is 1. The van der Waals surface area contributed by atoms with Gasteiger partial charge in [-0.05, 0) is 47.2 Å². The molecule has 90 valence electrons. The molecule has 0 saturated carbocycles. The van der Waals surface area contributed by atoms with Gasteiger partial charge in [-0.15, -0.1) is 0 Å². The van der Waals surface area contributed by atoms with Gasteiger partial charge in [-0.3, -0.25) is 0 Å². The average Bonchev–Trinajstić information content (AvgIpc) is 2.28. The van der Waals surface area contributed by atoms with Gasteiger partial charge in [0.1, 0.15) is 0 Å². The molecule has 0 aliphatic heterocycles. The quantitative estimate of drug-likeness (QED) is 0.585. The minimum Gasteiger partial charge on any atom is -0.385 e. The van der Waals surface area contributed by atoms with E-state index < -0.39 is 0 Å². The van der Waals surface area contributed by atoms with Crippen LogP contribution in [0.4, 0.5) is 5.69 Å². The van der Waals surface area contributed by atoms with Crippen molar-refractivity contribution in [2.45, 2.75) is 6.42 Å². The van der Waals surface area contributed by atoms with Crippen LogP contribution in [0.1, 0.15) is 6.42 Å². The Kier molecular flexibility index (Phi) is 7.54. The van der Waals surface area contributed by atoms with Gasteiger partial charge in [-0.25, -0.2) is 0 Å². The third-order valence-electron chi connectivity index (χ3n) is 2.04. The molecule has 0 saturated heterocycles. The summed E-state index contributed by atoms with van der Waals surface area (Å²) in [5.74, 6) is 0. The van der Waals surface area contributed by atoms with E-state index in [0.29, 0.717) is 0 Å². The van der Waals surface area contributed by atoms with Crippen LogP contribution in [0.2, 0.25) is 0 Å². The third-order valence-corrected chi connectivity index (χ3v) is 2.71. The predicted octanol–water partition coefficient (Wildman–Crippen LogP) is 2.76. The second-order valence-electron chi connectivity index (χ2n) is 3.40. The van der Waals surface area contributed by atoms with Crippen LogP contribution < -0.4 is 5.32 Å². The van der Waals surface area contributed by atoms with Gasteiger partial charge in [0.2, 0.25) is 0 Å². The topological polar surface area (TPSA) is 30.5 Å². The molecule has 0 heterocycles. The maximum atomic E-state index is 5.44. The summed E-state index contributed by atoms with van der Waals surface area (Å²) in [6, 6.07) is 8.30. The SMILES string of the molecule is COCCCOCCNc1cccc(I)c1. The van der Waals surface area contributed by atoms with Gasteiger partial charge in [0.15, 0.2) is 0 Å². The molecule has 0 bridgehead atoms. The second kappa shape index (κ2) is 8.78. The molecule has 0 fully saturated rings. The fraction of sp³-hybridized carbons (Fsp3) is 0.500.